The van der Waals surface area contributed by atoms with Crippen LogP contribution in [-0.2, 0) is 13.5 Å². The van der Waals surface area contributed by atoms with E-state index in [1.807, 2.05) is 36.9 Å². The van der Waals surface area contributed by atoms with Gasteiger partial charge in [0.1, 0.15) is 16.1 Å². The van der Waals surface area contributed by atoms with Crippen LogP contribution >= 0.6 is 23.2 Å². The molecule has 0 fully saturated rings. The highest BCUT2D eigenvalue weighted by atomic mass is 35.5. The molecule has 36 heavy (non-hydrogen) atoms. The Kier molecular flexibility index (Phi) is 7.78. The van der Waals surface area contributed by atoms with Crippen LogP contribution in [0.25, 0.3) is 11.0 Å². The van der Waals surface area contributed by atoms with Gasteiger partial charge in [-0.2, -0.15) is 10.4 Å². The molecule has 1 atom stereocenters. The van der Waals surface area contributed by atoms with Gasteiger partial charge >= 0.3 is 0 Å². The number of hydrogen-bond donors (Lipinski definition) is 2. The zero-order chi connectivity index (χ0) is 25.8. The monoisotopic (exact) mass is 519 g/mol. The Morgan fingerprint density at radius 3 is 2.44 bits per heavy atom. The van der Waals surface area contributed by atoms with Crippen molar-refractivity contribution in [1.82, 2.24) is 25.1 Å². The molecule has 0 aliphatic rings. The lowest BCUT2D eigenvalue weighted by atomic mass is 9.95. The standard InChI is InChI=1S/C27H27Cl2N7/c1-16(2)20-15-22(33-27-26(20)17(3)35-36(27)4)21(12-18-8-6-5-7-9-18)32-25(10-11-30)31-19-13-23(28)34-24(29)14-19/h5-10,13-16,21,32H,12H2,1-4H3,(H,31,34)/b25-10+. The quantitative estimate of drug-likeness (QED) is 0.205. The van der Waals surface area contributed by atoms with Crippen LogP contribution in [-0.4, -0.2) is 19.7 Å². The number of aryl methyl sites for hydroxylation is 2. The average Bonchev–Trinajstić information content (AvgIpc) is 3.11. The predicted molar refractivity (Wildman–Crippen MR) is 145 cm³/mol. The van der Waals surface area contributed by atoms with Crippen LogP contribution in [0, 0.1) is 18.3 Å². The molecule has 1 aromatic carbocycles. The van der Waals surface area contributed by atoms with E-state index in [-0.39, 0.29) is 22.3 Å². The molecule has 0 aliphatic heterocycles. The fourth-order valence-corrected chi connectivity index (χ4v) is 4.73. The van der Waals surface area contributed by atoms with Gasteiger partial charge in [0.05, 0.1) is 29.6 Å². The van der Waals surface area contributed by atoms with Crippen LogP contribution in [0.5, 0.6) is 0 Å². The van der Waals surface area contributed by atoms with Gasteiger partial charge < -0.3 is 10.6 Å². The summed E-state index contributed by atoms with van der Waals surface area (Å²) in [7, 11) is 1.91. The minimum Gasteiger partial charge on any atom is -0.362 e. The van der Waals surface area contributed by atoms with Crippen molar-refractivity contribution in [2.24, 2.45) is 7.05 Å². The molecule has 0 bridgehead atoms. The second kappa shape index (κ2) is 11.0. The van der Waals surface area contributed by atoms with Crippen molar-refractivity contribution in [3.63, 3.8) is 0 Å². The van der Waals surface area contributed by atoms with E-state index >= 15 is 0 Å². The zero-order valence-corrected chi connectivity index (χ0v) is 22.1. The number of nitriles is 1. The summed E-state index contributed by atoms with van der Waals surface area (Å²) in [5, 5.41) is 22.4. The van der Waals surface area contributed by atoms with Crippen molar-refractivity contribution in [3.05, 3.63) is 93.2 Å². The first-order valence-electron chi connectivity index (χ1n) is 11.6. The maximum atomic E-state index is 9.50. The first-order chi connectivity index (χ1) is 17.2. The normalized spacial score (nSPS) is 12.6. The van der Waals surface area contributed by atoms with E-state index in [0.717, 1.165) is 28.0 Å². The van der Waals surface area contributed by atoms with Gasteiger partial charge in [0.15, 0.2) is 5.65 Å². The van der Waals surface area contributed by atoms with Gasteiger partial charge in [-0.3, -0.25) is 4.68 Å². The summed E-state index contributed by atoms with van der Waals surface area (Å²) < 4.78 is 1.82. The molecule has 0 saturated heterocycles. The third-order valence-electron chi connectivity index (χ3n) is 5.86. The molecular weight excluding hydrogens is 493 g/mol. The molecule has 1 unspecified atom stereocenters. The van der Waals surface area contributed by atoms with Crippen molar-refractivity contribution in [1.29, 1.82) is 5.26 Å². The molecule has 4 aromatic rings. The molecule has 2 N–H and O–H groups in total. The zero-order valence-electron chi connectivity index (χ0n) is 20.5. The van der Waals surface area contributed by atoms with Crippen LogP contribution in [0.4, 0.5) is 5.69 Å². The number of allylic oxidation sites excluding steroid dienone is 1. The van der Waals surface area contributed by atoms with Crippen molar-refractivity contribution < 1.29 is 0 Å². The fourth-order valence-electron chi connectivity index (χ4n) is 4.27. The number of pyridine rings is 2. The summed E-state index contributed by atoms with van der Waals surface area (Å²) in [5.74, 6) is 0.772. The number of anilines is 1. The Bertz CT molecular complexity index is 1430. The first-order valence-corrected chi connectivity index (χ1v) is 12.3. The Hall–Kier alpha value is -3.60. The molecule has 0 amide bonds. The summed E-state index contributed by atoms with van der Waals surface area (Å²) in [5.41, 5.74) is 5.58. The predicted octanol–water partition coefficient (Wildman–Crippen LogP) is 6.45. The number of rotatable bonds is 8. The van der Waals surface area contributed by atoms with Gasteiger partial charge in [0.2, 0.25) is 0 Å². The maximum absolute atomic E-state index is 9.50. The Morgan fingerprint density at radius 2 is 1.81 bits per heavy atom. The van der Waals surface area contributed by atoms with E-state index in [1.165, 1.54) is 11.6 Å². The van der Waals surface area contributed by atoms with Crippen LogP contribution in [0.15, 0.2) is 60.4 Å². The van der Waals surface area contributed by atoms with E-state index in [1.54, 1.807) is 12.1 Å². The van der Waals surface area contributed by atoms with Gasteiger partial charge in [-0.25, -0.2) is 9.97 Å². The number of hydrogen-bond acceptors (Lipinski definition) is 6. The van der Waals surface area contributed by atoms with Crippen LogP contribution in [0.2, 0.25) is 10.3 Å². The molecule has 0 saturated carbocycles. The lowest BCUT2D eigenvalue weighted by Gasteiger charge is -2.24. The molecule has 0 aliphatic carbocycles. The van der Waals surface area contributed by atoms with Crippen LogP contribution < -0.4 is 10.6 Å². The summed E-state index contributed by atoms with van der Waals surface area (Å²) in [4.78, 5) is 9.02. The molecule has 0 spiro atoms. The summed E-state index contributed by atoms with van der Waals surface area (Å²) in [6.07, 6.45) is 2.06. The lowest BCUT2D eigenvalue weighted by Crippen LogP contribution is -2.28. The fraction of sp³-hybridized carbons (Fsp3) is 0.259. The molecule has 4 rings (SSSR count). The molecule has 184 valence electrons. The third-order valence-corrected chi connectivity index (χ3v) is 6.25. The smallest absolute Gasteiger partial charge is 0.158 e. The lowest BCUT2D eigenvalue weighted by molar-refractivity contribution is 0.580. The van der Waals surface area contributed by atoms with E-state index in [4.69, 9.17) is 28.2 Å². The summed E-state index contributed by atoms with van der Waals surface area (Å²) in [6.45, 7) is 6.35. The molecule has 9 heteroatoms. The SMILES string of the molecule is Cc1nn(C)c2nc(C(Cc3ccccc3)N/C(=C/C#N)Nc3cc(Cl)nc(Cl)c3)cc(C(C)C)c12. The van der Waals surface area contributed by atoms with E-state index in [0.29, 0.717) is 17.9 Å². The number of fused-ring (bicyclic) bond motifs is 1. The Labute approximate surface area is 220 Å². The molecule has 3 aromatic heterocycles. The van der Waals surface area contributed by atoms with Crippen molar-refractivity contribution in [2.45, 2.75) is 39.2 Å². The third kappa shape index (κ3) is 5.78. The van der Waals surface area contributed by atoms with Crippen molar-refractivity contribution in [3.8, 4) is 6.07 Å². The second-order valence-electron chi connectivity index (χ2n) is 8.90. The summed E-state index contributed by atoms with van der Waals surface area (Å²) >= 11 is 12.2. The first kappa shape index (κ1) is 25.5. The highest BCUT2D eigenvalue weighted by molar-refractivity contribution is 6.32. The molecule has 0 radical (unpaired) electrons. The number of nitrogens with zero attached hydrogens (tertiary/aromatic N) is 5. The van der Waals surface area contributed by atoms with E-state index < -0.39 is 0 Å². The highest BCUT2D eigenvalue weighted by Crippen LogP contribution is 2.31. The number of benzene rings is 1. The highest BCUT2D eigenvalue weighted by Gasteiger charge is 2.21. The van der Waals surface area contributed by atoms with E-state index in [2.05, 4.69) is 58.8 Å². The van der Waals surface area contributed by atoms with Crippen molar-refractivity contribution >= 4 is 39.9 Å². The largest absolute Gasteiger partial charge is 0.362 e. The number of nitrogens with one attached hydrogen (secondary N) is 2. The number of aromatic nitrogens is 4. The Morgan fingerprint density at radius 1 is 1.11 bits per heavy atom. The van der Waals surface area contributed by atoms with Crippen LogP contribution in [0.3, 0.4) is 0 Å². The minimum absolute atomic E-state index is 0.246. The second-order valence-corrected chi connectivity index (χ2v) is 9.67. The van der Waals surface area contributed by atoms with E-state index in [9.17, 15) is 5.26 Å². The molecular formula is C27H27Cl2N7. The van der Waals surface area contributed by atoms with Gasteiger partial charge in [-0.15, -0.1) is 0 Å². The van der Waals surface area contributed by atoms with Gasteiger partial charge in [-0.05, 0) is 48.6 Å². The van der Waals surface area contributed by atoms with Gasteiger partial charge in [0.25, 0.3) is 0 Å². The number of halogens is 2. The summed E-state index contributed by atoms with van der Waals surface area (Å²) in [6, 6.07) is 17.5. The molecule has 3 heterocycles. The van der Waals surface area contributed by atoms with Crippen molar-refractivity contribution in [2.75, 3.05) is 5.32 Å². The minimum atomic E-state index is -0.246. The average molecular weight is 520 g/mol. The van der Waals surface area contributed by atoms with Gasteiger partial charge in [-0.1, -0.05) is 67.4 Å². The maximum Gasteiger partial charge on any atom is 0.158 e. The topological polar surface area (TPSA) is 91.5 Å². The molecule has 7 nitrogen and oxygen atoms in total. The Balaban J connectivity index is 1.78. The van der Waals surface area contributed by atoms with Crippen LogP contribution in [0.1, 0.15) is 48.3 Å². The van der Waals surface area contributed by atoms with Gasteiger partial charge in [0, 0.05) is 18.1 Å².